The van der Waals surface area contributed by atoms with Gasteiger partial charge in [-0.05, 0) is 40.5 Å². The van der Waals surface area contributed by atoms with E-state index in [1.54, 1.807) is 18.2 Å². The summed E-state index contributed by atoms with van der Waals surface area (Å²) in [5, 5.41) is 12.9. The van der Waals surface area contributed by atoms with Gasteiger partial charge in [-0.1, -0.05) is 6.07 Å². The standard InChI is InChI=1S/C12H13BrN2O4/c1-7-2-3-8(9(13)4-7)12(19)15-5-10(16)14-6-11(17)18/h2-4H,5-6H2,1H3,(H,14,16)(H,15,19)(H,17,18). The summed E-state index contributed by atoms with van der Waals surface area (Å²) in [6, 6.07) is 5.22. The molecule has 3 N–H and O–H groups in total. The lowest BCUT2D eigenvalue weighted by Crippen LogP contribution is -2.39. The number of carbonyl (C=O) groups is 3. The van der Waals surface area contributed by atoms with Crippen LogP contribution in [0.15, 0.2) is 22.7 Å². The van der Waals surface area contributed by atoms with E-state index in [0.717, 1.165) is 5.56 Å². The highest BCUT2D eigenvalue weighted by Gasteiger charge is 2.11. The topological polar surface area (TPSA) is 95.5 Å². The van der Waals surface area contributed by atoms with E-state index >= 15 is 0 Å². The smallest absolute Gasteiger partial charge is 0.322 e. The predicted octanol–water partition coefficient (Wildman–Crippen LogP) is 0.688. The van der Waals surface area contributed by atoms with E-state index in [9.17, 15) is 14.4 Å². The SMILES string of the molecule is Cc1ccc(C(=O)NCC(=O)NCC(=O)O)c(Br)c1. The molecule has 2 amide bonds. The second-order valence-corrected chi connectivity index (χ2v) is 4.69. The normalized spacial score (nSPS) is 9.79. The van der Waals surface area contributed by atoms with Gasteiger partial charge in [0.1, 0.15) is 6.54 Å². The fourth-order valence-electron chi connectivity index (χ4n) is 1.30. The molecule has 0 saturated carbocycles. The zero-order valence-electron chi connectivity index (χ0n) is 10.2. The summed E-state index contributed by atoms with van der Waals surface area (Å²) >= 11 is 3.27. The predicted molar refractivity (Wildman–Crippen MR) is 71.9 cm³/mol. The summed E-state index contributed by atoms with van der Waals surface area (Å²) < 4.78 is 0.635. The number of amides is 2. The highest BCUT2D eigenvalue weighted by atomic mass is 79.9. The fourth-order valence-corrected chi connectivity index (χ4v) is 1.97. The minimum absolute atomic E-state index is 0.271. The lowest BCUT2D eigenvalue weighted by Gasteiger charge is -2.07. The first-order valence-corrected chi connectivity index (χ1v) is 6.22. The van der Waals surface area contributed by atoms with E-state index in [0.29, 0.717) is 10.0 Å². The van der Waals surface area contributed by atoms with Gasteiger partial charge in [-0.2, -0.15) is 0 Å². The zero-order valence-corrected chi connectivity index (χ0v) is 11.8. The number of aliphatic carboxylic acids is 1. The quantitative estimate of drug-likeness (QED) is 0.741. The largest absolute Gasteiger partial charge is 0.480 e. The maximum Gasteiger partial charge on any atom is 0.322 e. The van der Waals surface area contributed by atoms with Crippen molar-refractivity contribution < 1.29 is 19.5 Å². The van der Waals surface area contributed by atoms with Crippen molar-refractivity contribution in [3.63, 3.8) is 0 Å². The minimum atomic E-state index is -1.14. The first kappa shape index (κ1) is 15.2. The Balaban J connectivity index is 2.51. The number of halogens is 1. The molecule has 0 aromatic heterocycles. The van der Waals surface area contributed by atoms with E-state index in [4.69, 9.17) is 5.11 Å². The van der Waals surface area contributed by atoms with E-state index in [-0.39, 0.29) is 6.54 Å². The third-order valence-electron chi connectivity index (χ3n) is 2.22. The van der Waals surface area contributed by atoms with Gasteiger partial charge in [0.2, 0.25) is 5.91 Å². The molecule has 1 aromatic rings. The van der Waals surface area contributed by atoms with Crippen molar-refractivity contribution in [2.24, 2.45) is 0 Å². The van der Waals surface area contributed by atoms with Crippen LogP contribution in [0.25, 0.3) is 0 Å². The van der Waals surface area contributed by atoms with Crippen molar-refractivity contribution in [3.05, 3.63) is 33.8 Å². The van der Waals surface area contributed by atoms with E-state index < -0.39 is 24.3 Å². The number of carboxylic acids is 1. The second kappa shape index (κ2) is 6.89. The van der Waals surface area contributed by atoms with Crippen LogP contribution < -0.4 is 10.6 Å². The van der Waals surface area contributed by atoms with Gasteiger partial charge in [0.15, 0.2) is 0 Å². The van der Waals surface area contributed by atoms with Gasteiger partial charge in [0.25, 0.3) is 5.91 Å². The van der Waals surface area contributed by atoms with E-state index in [1.165, 1.54) is 0 Å². The summed E-state index contributed by atoms with van der Waals surface area (Å²) in [7, 11) is 0. The molecule has 0 aliphatic heterocycles. The first-order chi connectivity index (χ1) is 8.90. The molecule has 102 valence electrons. The lowest BCUT2D eigenvalue weighted by molar-refractivity contribution is -0.137. The Labute approximate surface area is 118 Å². The second-order valence-electron chi connectivity index (χ2n) is 3.84. The minimum Gasteiger partial charge on any atom is -0.480 e. The average Bonchev–Trinajstić information content (AvgIpc) is 2.33. The van der Waals surface area contributed by atoms with Crippen LogP contribution in [0.2, 0.25) is 0 Å². The summed E-state index contributed by atoms with van der Waals surface area (Å²) in [5.41, 5.74) is 1.42. The first-order valence-electron chi connectivity index (χ1n) is 5.43. The van der Waals surface area contributed by atoms with Gasteiger partial charge in [-0.3, -0.25) is 14.4 Å². The zero-order chi connectivity index (χ0) is 14.4. The molecule has 0 fully saturated rings. The van der Waals surface area contributed by atoms with Gasteiger partial charge < -0.3 is 15.7 Å². The number of rotatable bonds is 5. The molecular formula is C12H13BrN2O4. The Bertz CT molecular complexity index is 516. The van der Waals surface area contributed by atoms with Crippen molar-refractivity contribution >= 4 is 33.7 Å². The molecule has 0 heterocycles. The molecule has 7 heteroatoms. The highest BCUT2D eigenvalue weighted by Crippen LogP contribution is 2.17. The summed E-state index contributed by atoms with van der Waals surface area (Å²) in [6.07, 6.45) is 0. The number of hydrogen-bond acceptors (Lipinski definition) is 3. The van der Waals surface area contributed by atoms with Crippen LogP contribution in [0, 0.1) is 6.92 Å². The molecule has 0 aliphatic carbocycles. The third-order valence-corrected chi connectivity index (χ3v) is 2.87. The van der Waals surface area contributed by atoms with Crippen molar-refractivity contribution in [3.8, 4) is 0 Å². The number of nitrogens with one attached hydrogen (secondary N) is 2. The Morgan fingerprint density at radius 1 is 1.21 bits per heavy atom. The number of benzene rings is 1. The molecule has 6 nitrogen and oxygen atoms in total. The fraction of sp³-hybridized carbons (Fsp3) is 0.250. The molecule has 0 atom stereocenters. The van der Waals surface area contributed by atoms with Gasteiger partial charge in [0, 0.05) is 4.47 Å². The van der Waals surface area contributed by atoms with Crippen LogP contribution in [-0.2, 0) is 9.59 Å². The van der Waals surface area contributed by atoms with Gasteiger partial charge in [-0.25, -0.2) is 0 Å². The molecule has 1 rings (SSSR count). The molecule has 1 aromatic carbocycles. The van der Waals surface area contributed by atoms with Crippen LogP contribution in [-0.4, -0.2) is 36.0 Å². The van der Waals surface area contributed by atoms with Crippen molar-refractivity contribution in [2.45, 2.75) is 6.92 Å². The van der Waals surface area contributed by atoms with Crippen LogP contribution in [0.5, 0.6) is 0 Å². The lowest BCUT2D eigenvalue weighted by atomic mass is 10.1. The summed E-state index contributed by atoms with van der Waals surface area (Å²) in [6.45, 7) is 1.15. The van der Waals surface area contributed by atoms with Crippen molar-refractivity contribution in [1.82, 2.24) is 10.6 Å². The number of aryl methyl sites for hydroxylation is 1. The van der Waals surface area contributed by atoms with E-state index in [2.05, 4.69) is 26.6 Å². The average molecular weight is 329 g/mol. The number of carbonyl (C=O) groups excluding carboxylic acids is 2. The molecule has 19 heavy (non-hydrogen) atoms. The van der Waals surface area contributed by atoms with Crippen LogP contribution in [0.3, 0.4) is 0 Å². The Morgan fingerprint density at radius 3 is 2.47 bits per heavy atom. The van der Waals surface area contributed by atoms with Crippen LogP contribution in [0.4, 0.5) is 0 Å². The molecule has 0 radical (unpaired) electrons. The van der Waals surface area contributed by atoms with Gasteiger partial charge in [-0.15, -0.1) is 0 Å². The molecule has 0 aliphatic rings. The van der Waals surface area contributed by atoms with Crippen molar-refractivity contribution in [2.75, 3.05) is 13.1 Å². The maximum absolute atomic E-state index is 11.8. The Hall–Kier alpha value is -1.89. The molecule has 0 saturated heterocycles. The highest BCUT2D eigenvalue weighted by molar-refractivity contribution is 9.10. The summed E-state index contributed by atoms with van der Waals surface area (Å²) in [5.74, 6) is -2.10. The van der Waals surface area contributed by atoms with Crippen LogP contribution in [0.1, 0.15) is 15.9 Å². The monoisotopic (exact) mass is 328 g/mol. The Kier molecular flexibility index (Phi) is 5.50. The van der Waals surface area contributed by atoms with Crippen molar-refractivity contribution in [1.29, 1.82) is 0 Å². The van der Waals surface area contributed by atoms with E-state index in [1.807, 2.05) is 6.92 Å². The number of hydrogen-bond donors (Lipinski definition) is 3. The molecule has 0 spiro atoms. The third kappa shape index (κ3) is 5.09. The molecule has 0 bridgehead atoms. The van der Waals surface area contributed by atoms with Gasteiger partial charge >= 0.3 is 5.97 Å². The van der Waals surface area contributed by atoms with Gasteiger partial charge in [0.05, 0.1) is 12.1 Å². The van der Waals surface area contributed by atoms with Crippen LogP contribution >= 0.6 is 15.9 Å². The molecule has 0 unspecified atom stereocenters. The maximum atomic E-state index is 11.8. The Morgan fingerprint density at radius 2 is 1.89 bits per heavy atom. The number of carboxylic acid groups (broad SMARTS) is 1. The summed E-state index contributed by atoms with van der Waals surface area (Å²) in [4.78, 5) is 33.2. The molecular weight excluding hydrogens is 316 g/mol.